The van der Waals surface area contributed by atoms with E-state index in [1.54, 1.807) is 17.0 Å². The van der Waals surface area contributed by atoms with Crippen LogP contribution in [0.25, 0.3) is 10.2 Å². The average Bonchev–Trinajstić information content (AvgIpc) is 3.29. The van der Waals surface area contributed by atoms with Gasteiger partial charge < -0.3 is 5.32 Å². The van der Waals surface area contributed by atoms with Gasteiger partial charge in [-0.1, -0.05) is 30.3 Å². The van der Waals surface area contributed by atoms with Crippen molar-refractivity contribution in [3.63, 3.8) is 0 Å². The van der Waals surface area contributed by atoms with E-state index in [0.29, 0.717) is 18.5 Å². The molecule has 3 aromatic rings. The molecule has 1 amide bonds. The Morgan fingerprint density at radius 2 is 2.04 bits per heavy atom. The van der Waals surface area contributed by atoms with Gasteiger partial charge in [0.25, 0.3) is 5.56 Å². The molecular weight excluding hydrogens is 322 g/mol. The molecule has 24 heavy (non-hydrogen) atoms. The summed E-state index contributed by atoms with van der Waals surface area (Å²) in [5.41, 5.74) is 0.641. The van der Waals surface area contributed by atoms with E-state index in [2.05, 4.69) is 10.3 Å². The Kier molecular flexibility index (Phi) is 3.69. The number of fused-ring (bicyclic) bond motifs is 1. The first-order valence-electron chi connectivity index (χ1n) is 7.97. The molecular formula is C18H17N3O2S. The maximum absolute atomic E-state index is 12.6. The molecule has 2 aromatic heterocycles. The van der Waals surface area contributed by atoms with Crippen LogP contribution in [-0.2, 0) is 16.8 Å². The number of nitrogens with one attached hydrogen (secondary N) is 1. The molecule has 1 aliphatic rings. The Morgan fingerprint density at radius 1 is 1.25 bits per heavy atom. The molecule has 1 N–H and O–H groups in total. The van der Waals surface area contributed by atoms with Gasteiger partial charge in [0.05, 0.1) is 17.1 Å². The van der Waals surface area contributed by atoms with Crippen LogP contribution in [-0.4, -0.2) is 22.0 Å². The first-order chi connectivity index (χ1) is 11.7. The molecule has 0 aliphatic heterocycles. The number of nitrogens with zero attached hydrogens (tertiary/aromatic N) is 2. The highest BCUT2D eigenvalue weighted by molar-refractivity contribution is 7.16. The average molecular weight is 339 g/mol. The molecule has 0 bridgehead atoms. The van der Waals surface area contributed by atoms with E-state index in [-0.39, 0.29) is 16.9 Å². The molecule has 1 aliphatic carbocycles. The molecule has 122 valence electrons. The van der Waals surface area contributed by atoms with Crippen molar-refractivity contribution in [1.82, 2.24) is 14.9 Å². The number of rotatable bonds is 5. The molecule has 0 spiro atoms. The minimum atomic E-state index is -0.373. The second-order valence-electron chi connectivity index (χ2n) is 6.09. The van der Waals surface area contributed by atoms with Crippen molar-refractivity contribution in [2.75, 3.05) is 6.54 Å². The second kappa shape index (κ2) is 5.87. The van der Waals surface area contributed by atoms with Crippen molar-refractivity contribution in [3.8, 4) is 0 Å². The van der Waals surface area contributed by atoms with Crippen molar-refractivity contribution in [1.29, 1.82) is 0 Å². The lowest BCUT2D eigenvalue weighted by Gasteiger charge is -2.16. The van der Waals surface area contributed by atoms with Gasteiger partial charge in [-0.15, -0.1) is 11.3 Å². The largest absolute Gasteiger partial charge is 0.354 e. The minimum Gasteiger partial charge on any atom is -0.354 e. The number of carbonyl (C=O) groups excluding carboxylic acids is 1. The van der Waals surface area contributed by atoms with Crippen molar-refractivity contribution in [2.24, 2.45) is 0 Å². The zero-order valence-corrected chi connectivity index (χ0v) is 13.9. The second-order valence-corrected chi connectivity index (χ2v) is 6.98. The smallest absolute Gasteiger partial charge is 0.262 e. The van der Waals surface area contributed by atoms with E-state index >= 15 is 0 Å². The van der Waals surface area contributed by atoms with Gasteiger partial charge in [0.15, 0.2) is 0 Å². The third-order valence-electron chi connectivity index (χ3n) is 4.60. The molecule has 0 radical (unpaired) electrons. The van der Waals surface area contributed by atoms with Crippen LogP contribution in [0, 0.1) is 0 Å². The molecule has 1 aromatic carbocycles. The predicted octanol–water partition coefficient (Wildman–Crippen LogP) is 2.31. The van der Waals surface area contributed by atoms with Crippen LogP contribution in [0.4, 0.5) is 0 Å². The molecule has 0 saturated heterocycles. The van der Waals surface area contributed by atoms with E-state index in [9.17, 15) is 9.59 Å². The number of carbonyl (C=O) groups is 1. The van der Waals surface area contributed by atoms with Crippen LogP contribution >= 0.6 is 11.3 Å². The monoisotopic (exact) mass is 339 g/mol. The third kappa shape index (κ3) is 2.53. The first-order valence-corrected chi connectivity index (χ1v) is 8.85. The summed E-state index contributed by atoms with van der Waals surface area (Å²) < 4.78 is 1.55. The molecule has 0 unspecified atom stereocenters. The zero-order valence-electron chi connectivity index (χ0n) is 13.1. The first kappa shape index (κ1) is 15.1. The summed E-state index contributed by atoms with van der Waals surface area (Å²) in [6.07, 6.45) is 3.31. The van der Waals surface area contributed by atoms with Crippen molar-refractivity contribution >= 4 is 27.5 Å². The summed E-state index contributed by atoms with van der Waals surface area (Å²) in [5.74, 6) is 0.0475. The van der Waals surface area contributed by atoms with Crippen LogP contribution < -0.4 is 10.9 Å². The summed E-state index contributed by atoms with van der Waals surface area (Å²) >= 11 is 1.45. The van der Waals surface area contributed by atoms with Gasteiger partial charge >= 0.3 is 0 Å². The van der Waals surface area contributed by atoms with E-state index in [1.165, 1.54) is 11.3 Å². The van der Waals surface area contributed by atoms with E-state index in [1.807, 2.05) is 35.7 Å². The number of amides is 1. The Labute approximate surface area is 143 Å². The standard InChI is InChI=1S/C18H17N3O2S/c22-16-14-6-11-24-15(14)20-12-21(16)10-9-19-17(23)18(7-8-18)13-4-2-1-3-5-13/h1-6,11-12H,7-10H2,(H,19,23). The normalized spacial score (nSPS) is 15.3. The van der Waals surface area contributed by atoms with Gasteiger partial charge in [-0.05, 0) is 29.9 Å². The quantitative estimate of drug-likeness (QED) is 0.776. The molecule has 4 rings (SSSR count). The van der Waals surface area contributed by atoms with Crippen LogP contribution in [0.1, 0.15) is 18.4 Å². The number of hydrogen-bond acceptors (Lipinski definition) is 4. The maximum atomic E-state index is 12.6. The lowest BCUT2D eigenvalue weighted by molar-refractivity contribution is -0.123. The van der Waals surface area contributed by atoms with Gasteiger partial charge in [-0.25, -0.2) is 4.98 Å². The fourth-order valence-corrected chi connectivity index (χ4v) is 3.76. The van der Waals surface area contributed by atoms with Crippen LogP contribution in [0.15, 0.2) is 52.9 Å². The van der Waals surface area contributed by atoms with Crippen molar-refractivity contribution in [2.45, 2.75) is 24.8 Å². The van der Waals surface area contributed by atoms with E-state index in [0.717, 1.165) is 23.2 Å². The minimum absolute atomic E-state index is 0.0475. The molecule has 0 atom stereocenters. The molecule has 1 fully saturated rings. The zero-order chi connectivity index (χ0) is 16.6. The van der Waals surface area contributed by atoms with Gasteiger partial charge in [0.2, 0.25) is 5.91 Å². The molecule has 2 heterocycles. The summed E-state index contributed by atoms with van der Waals surface area (Å²) in [6, 6.07) is 11.7. The highest BCUT2D eigenvalue weighted by Gasteiger charge is 2.50. The van der Waals surface area contributed by atoms with E-state index in [4.69, 9.17) is 0 Å². The van der Waals surface area contributed by atoms with Gasteiger partial charge in [-0.2, -0.15) is 0 Å². The van der Waals surface area contributed by atoms with Crippen molar-refractivity contribution in [3.05, 3.63) is 64.0 Å². The maximum Gasteiger partial charge on any atom is 0.262 e. The summed E-state index contributed by atoms with van der Waals surface area (Å²) in [4.78, 5) is 29.9. The van der Waals surface area contributed by atoms with Crippen LogP contribution in [0.3, 0.4) is 0 Å². The Morgan fingerprint density at radius 3 is 2.79 bits per heavy atom. The SMILES string of the molecule is O=C(NCCn1cnc2sccc2c1=O)C1(c2ccccc2)CC1. The summed E-state index contributed by atoms with van der Waals surface area (Å²) in [6.45, 7) is 0.846. The molecule has 6 heteroatoms. The lowest BCUT2D eigenvalue weighted by atomic mass is 9.95. The van der Waals surface area contributed by atoms with Gasteiger partial charge in [0, 0.05) is 13.1 Å². The number of benzene rings is 1. The number of hydrogen-bond donors (Lipinski definition) is 1. The highest BCUT2D eigenvalue weighted by Crippen LogP contribution is 2.48. The molecule has 5 nitrogen and oxygen atoms in total. The highest BCUT2D eigenvalue weighted by atomic mass is 32.1. The number of aromatic nitrogens is 2. The fourth-order valence-electron chi connectivity index (χ4n) is 3.04. The Hall–Kier alpha value is -2.47. The Balaban J connectivity index is 1.43. The van der Waals surface area contributed by atoms with Gasteiger partial charge in [0.1, 0.15) is 4.83 Å². The summed E-state index contributed by atoms with van der Waals surface area (Å²) in [5, 5.41) is 5.48. The lowest BCUT2D eigenvalue weighted by Crippen LogP contribution is -2.37. The van der Waals surface area contributed by atoms with Crippen molar-refractivity contribution < 1.29 is 4.79 Å². The number of thiophene rings is 1. The van der Waals surface area contributed by atoms with Crippen LogP contribution in [0.5, 0.6) is 0 Å². The third-order valence-corrected chi connectivity index (χ3v) is 5.42. The van der Waals surface area contributed by atoms with Crippen LogP contribution in [0.2, 0.25) is 0 Å². The predicted molar refractivity (Wildman–Crippen MR) is 94.2 cm³/mol. The molecule has 1 saturated carbocycles. The van der Waals surface area contributed by atoms with E-state index < -0.39 is 0 Å². The summed E-state index contributed by atoms with van der Waals surface area (Å²) in [7, 11) is 0. The Bertz CT molecular complexity index is 942. The topological polar surface area (TPSA) is 64.0 Å². The van der Waals surface area contributed by atoms with Gasteiger partial charge in [-0.3, -0.25) is 14.2 Å². The fraction of sp³-hybridized carbons (Fsp3) is 0.278.